The van der Waals surface area contributed by atoms with Crippen LogP contribution >= 0.6 is 11.8 Å². The third-order valence-corrected chi connectivity index (χ3v) is 8.17. The smallest absolute Gasteiger partial charge is 0.303 e. The van der Waals surface area contributed by atoms with Crippen molar-refractivity contribution in [2.24, 2.45) is 0 Å². The van der Waals surface area contributed by atoms with E-state index in [0.29, 0.717) is 11.4 Å². The van der Waals surface area contributed by atoms with Gasteiger partial charge in [0.1, 0.15) is 0 Å². The number of nitrogens with zero attached hydrogens (tertiary/aromatic N) is 1. The van der Waals surface area contributed by atoms with Crippen LogP contribution in [0.2, 0.25) is 0 Å². The zero-order chi connectivity index (χ0) is 30.2. The van der Waals surface area contributed by atoms with Gasteiger partial charge >= 0.3 is 5.97 Å². The lowest BCUT2D eigenvalue weighted by molar-refractivity contribution is -0.255. The summed E-state index contributed by atoms with van der Waals surface area (Å²) in [6.07, 6.45) is -0.532. The number of pyridine rings is 1. The van der Waals surface area contributed by atoms with Gasteiger partial charge in [-0.1, -0.05) is 72.8 Å². The Kier molecular flexibility index (Phi) is 10.2. The van der Waals surface area contributed by atoms with Crippen LogP contribution in [0, 0.1) is 0 Å². The van der Waals surface area contributed by atoms with E-state index in [9.17, 15) is 14.7 Å². The van der Waals surface area contributed by atoms with E-state index in [0.717, 1.165) is 27.3 Å². The Bertz CT molecular complexity index is 1500. The zero-order valence-electron chi connectivity index (χ0n) is 24.0. The number of hydrogen-bond acceptors (Lipinski definition) is 8. The van der Waals surface area contributed by atoms with Gasteiger partial charge in [0.25, 0.3) is 5.91 Å². The van der Waals surface area contributed by atoms with Gasteiger partial charge in [0.15, 0.2) is 12.4 Å². The van der Waals surface area contributed by atoms with Crippen LogP contribution in [-0.2, 0) is 30.4 Å². The van der Waals surface area contributed by atoms with Gasteiger partial charge in [0.2, 0.25) is 0 Å². The molecule has 0 radical (unpaired) electrons. The molecule has 1 aliphatic heterocycles. The topological polar surface area (TPSA) is 107 Å². The summed E-state index contributed by atoms with van der Waals surface area (Å²) in [5.41, 5.74) is 4.13. The number of aromatic nitrogens is 1. The molecule has 43 heavy (non-hydrogen) atoms. The molecule has 3 aromatic carbocycles. The van der Waals surface area contributed by atoms with Gasteiger partial charge in [-0.05, 0) is 47.9 Å². The number of hydrogen-bond donors (Lipinski definition) is 2. The Balaban J connectivity index is 1.48. The van der Waals surface area contributed by atoms with Crippen LogP contribution in [0.5, 0.6) is 0 Å². The Labute approximate surface area is 255 Å². The highest BCUT2D eigenvalue weighted by molar-refractivity contribution is 7.99. The Morgan fingerprint density at radius 2 is 1.67 bits per heavy atom. The molecule has 2 heterocycles. The lowest BCUT2D eigenvalue weighted by Gasteiger charge is -2.43. The van der Waals surface area contributed by atoms with E-state index in [1.54, 1.807) is 30.1 Å². The first-order valence-electron chi connectivity index (χ1n) is 14.1. The lowest BCUT2D eigenvalue weighted by atomic mass is 9.84. The maximum atomic E-state index is 12.6. The number of amides is 1. The molecular formula is C34H34N2O6S. The van der Waals surface area contributed by atoms with Crippen LogP contribution in [0.15, 0.2) is 108 Å². The van der Waals surface area contributed by atoms with Crippen LogP contribution in [0.3, 0.4) is 0 Å². The second-order valence-electron chi connectivity index (χ2n) is 10.2. The number of carbonyl (C=O) groups is 2. The highest BCUT2D eigenvalue weighted by Crippen LogP contribution is 2.48. The van der Waals surface area contributed by atoms with Gasteiger partial charge in [-0.2, -0.15) is 0 Å². The number of carbonyl (C=O) groups excluding carboxylic acids is 2. The number of ether oxygens (including phenoxy) is 3. The van der Waals surface area contributed by atoms with Gasteiger partial charge in [0, 0.05) is 36.0 Å². The van der Waals surface area contributed by atoms with Gasteiger partial charge in [-0.25, -0.2) is 4.98 Å². The molecule has 1 amide bonds. The molecule has 1 fully saturated rings. The SMILES string of the molecule is CC(=O)O[C@@H](C)C(=O)Nc1cccc(C2O[C@H](CSc3ccccn3)[C@@H](c3ccccc3)[C@H](c3ccc(CO)cc3)O2)c1. The minimum Gasteiger partial charge on any atom is -0.453 e. The average Bonchev–Trinajstić information content (AvgIpc) is 3.04. The highest BCUT2D eigenvalue weighted by atomic mass is 32.2. The molecule has 1 unspecified atom stereocenters. The van der Waals surface area contributed by atoms with E-state index in [1.807, 2.05) is 72.8 Å². The van der Waals surface area contributed by atoms with Crippen molar-refractivity contribution in [1.29, 1.82) is 0 Å². The summed E-state index contributed by atoms with van der Waals surface area (Å²) in [6.45, 7) is 2.74. The molecule has 4 aromatic rings. The number of thioether (sulfide) groups is 1. The van der Waals surface area contributed by atoms with E-state index >= 15 is 0 Å². The molecule has 2 N–H and O–H groups in total. The fourth-order valence-corrected chi connectivity index (χ4v) is 5.99. The lowest BCUT2D eigenvalue weighted by Crippen LogP contribution is -2.38. The molecule has 1 saturated heterocycles. The summed E-state index contributed by atoms with van der Waals surface area (Å²) in [4.78, 5) is 28.4. The number of anilines is 1. The summed E-state index contributed by atoms with van der Waals surface area (Å²) in [5, 5.41) is 13.3. The van der Waals surface area contributed by atoms with Crippen LogP contribution in [0.4, 0.5) is 5.69 Å². The number of nitrogens with one attached hydrogen (secondary N) is 1. The molecule has 0 aliphatic carbocycles. The van der Waals surface area contributed by atoms with Gasteiger partial charge in [-0.3, -0.25) is 9.59 Å². The molecule has 0 bridgehead atoms. The van der Waals surface area contributed by atoms with Crippen LogP contribution in [0.1, 0.15) is 54.4 Å². The molecule has 8 nitrogen and oxygen atoms in total. The average molecular weight is 599 g/mol. The van der Waals surface area contributed by atoms with E-state index in [-0.39, 0.29) is 24.7 Å². The summed E-state index contributed by atoms with van der Waals surface area (Å²) < 4.78 is 18.5. The Hall–Kier alpha value is -4.02. The molecule has 5 rings (SSSR count). The first kappa shape index (κ1) is 30.4. The Morgan fingerprint density at radius 1 is 0.930 bits per heavy atom. The first-order chi connectivity index (χ1) is 20.9. The zero-order valence-corrected chi connectivity index (χ0v) is 24.8. The summed E-state index contributed by atoms with van der Waals surface area (Å²) in [7, 11) is 0. The third kappa shape index (κ3) is 7.88. The van der Waals surface area contributed by atoms with Crippen molar-refractivity contribution in [2.75, 3.05) is 11.1 Å². The normalized spacial score (nSPS) is 20.6. The van der Waals surface area contributed by atoms with Crippen molar-refractivity contribution >= 4 is 29.3 Å². The van der Waals surface area contributed by atoms with Gasteiger partial charge in [0.05, 0.1) is 23.8 Å². The number of esters is 1. The quantitative estimate of drug-likeness (QED) is 0.164. The number of aliphatic hydroxyl groups is 1. The Morgan fingerprint density at radius 3 is 2.37 bits per heavy atom. The van der Waals surface area contributed by atoms with Crippen molar-refractivity contribution in [2.45, 2.75) is 56.0 Å². The fraction of sp³-hybridized carbons (Fsp3) is 0.265. The van der Waals surface area contributed by atoms with Crippen molar-refractivity contribution in [3.63, 3.8) is 0 Å². The highest BCUT2D eigenvalue weighted by Gasteiger charge is 2.42. The van der Waals surface area contributed by atoms with Crippen LogP contribution in [-0.4, -0.2) is 39.9 Å². The number of rotatable bonds is 10. The largest absolute Gasteiger partial charge is 0.453 e. The van der Waals surface area contributed by atoms with Gasteiger partial charge in [-0.15, -0.1) is 11.8 Å². The van der Waals surface area contributed by atoms with Crippen LogP contribution in [0.25, 0.3) is 0 Å². The summed E-state index contributed by atoms with van der Waals surface area (Å²) >= 11 is 1.62. The maximum absolute atomic E-state index is 12.6. The predicted molar refractivity (Wildman–Crippen MR) is 164 cm³/mol. The molecule has 0 spiro atoms. The molecule has 1 aromatic heterocycles. The first-order valence-corrected chi connectivity index (χ1v) is 15.1. The van der Waals surface area contributed by atoms with E-state index < -0.39 is 24.3 Å². The van der Waals surface area contributed by atoms with Gasteiger partial charge < -0.3 is 24.6 Å². The number of benzene rings is 3. The fourth-order valence-electron chi connectivity index (χ4n) is 5.06. The second-order valence-corrected chi connectivity index (χ2v) is 11.3. The molecule has 1 aliphatic rings. The standard InChI is InChI=1S/C34H34N2O6S/c1-22(40-23(2)38)33(39)36-28-12-8-11-27(19-28)34-41-29(21-43-30-13-6-7-18-35-30)31(25-9-4-3-5-10-25)32(42-34)26-16-14-24(20-37)15-17-26/h3-19,22,29,31-32,34,37H,20-21H2,1-2H3,(H,36,39)/t22-,29+,31+,32-,34?/m0/s1. The monoisotopic (exact) mass is 598 g/mol. The minimum absolute atomic E-state index is 0.0441. The van der Waals surface area contributed by atoms with E-state index in [4.69, 9.17) is 14.2 Å². The molecule has 9 heteroatoms. The molecular weight excluding hydrogens is 564 g/mol. The molecule has 0 saturated carbocycles. The van der Waals surface area contributed by atoms with Crippen molar-refractivity contribution < 1.29 is 28.9 Å². The summed E-state index contributed by atoms with van der Waals surface area (Å²) in [6, 6.07) is 31.1. The predicted octanol–water partition coefficient (Wildman–Crippen LogP) is 6.20. The minimum atomic E-state index is -0.936. The summed E-state index contributed by atoms with van der Waals surface area (Å²) in [5.74, 6) is -0.478. The van der Waals surface area contributed by atoms with E-state index in [1.165, 1.54) is 13.8 Å². The van der Waals surface area contributed by atoms with Crippen molar-refractivity contribution in [3.8, 4) is 0 Å². The number of aliphatic hydroxyl groups excluding tert-OH is 1. The van der Waals surface area contributed by atoms with Crippen molar-refractivity contribution in [1.82, 2.24) is 4.98 Å². The molecule has 222 valence electrons. The third-order valence-electron chi connectivity index (χ3n) is 7.14. The molecule has 5 atom stereocenters. The maximum Gasteiger partial charge on any atom is 0.303 e. The van der Waals surface area contributed by atoms with E-state index in [2.05, 4.69) is 22.4 Å². The van der Waals surface area contributed by atoms with Crippen LogP contribution < -0.4 is 5.32 Å². The van der Waals surface area contributed by atoms with Crippen molar-refractivity contribution in [3.05, 3.63) is 126 Å². The second kappa shape index (κ2) is 14.4.